The summed E-state index contributed by atoms with van der Waals surface area (Å²) in [5.41, 5.74) is 8.54. The Hall–Kier alpha value is -1.71. The van der Waals surface area contributed by atoms with Gasteiger partial charge in [-0.25, -0.2) is 0 Å². The first-order valence-electron chi connectivity index (χ1n) is 5.95. The second kappa shape index (κ2) is 4.65. The number of aryl methyl sites for hydroxylation is 1. The van der Waals surface area contributed by atoms with Crippen molar-refractivity contribution >= 4 is 17.3 Å². The Balaban J connectivity index is 2.48. The van der Waals surface area contributed by atoms with Crippen LogP contribution in [0, 0.1) is 0 Å². The van der Waals surface area contributed by atoms with Crippen molar-refractivity contribution in [2.45, 2.75) is 26.2 Å². The minimum atomic E-state index is 0.0665. The third-order valence-corrected chi connectivity index (χ3v) is 2.99. The molecule has 1 aliphatic rings. The lowest BCUT2D eigenvalue weighted by Gasteiger charge is -2.18. The Morgan fingerprint density at radius 2 is 2.24 bits per heavy atom. The third-order valence-electron chi connectivity index (χ3n) is 2.99. The van der Waals surface area contributed by atoms with Crippen LogP contribution in [0.15, 0.2) is 12.1 Å². The topological polar surface area (TPSA) is 55.6 Å². The van der Waals surface area contributed by atoms with Gasteiger partial charge < -0.3 is 15.4 Å². The summed E-state index contributed by atoms with van der Waals surface area (Å²) in [4.78, 5) is 13.4. The van der Waals surface area contributed by atoms with Gasteiger partial charge in [0.2, 0.25) is 5.91 Å². The largest absolute Gasteiger partial charge is 0.489 e. The number of fused-ring (bicyclic) bond motifs is 1. The second-order valence-electron chi connectivity index (χ2n) is 4.33. The molecule has 0 spiro atoms. The first kappa shape index (κ1) is 11.8. The molecule has 0 fully saturated rings. The van der Waals surface area contributed by atoms with Crippen LogP contribution >= 0.6 is 0 Å². The van der Waals surface area contributed by atoms with Crippen molar-refractivity contribution in [3.8, 4) is 5.75 Å². The van der Waals surface area contributed by atoms with E-state index in [0.29, 0.717) is 24.5 Å². The summed E-state index contributed by atoms with van der Waals surface area (Å²) in [6.07, 6.45) is 2.41. The van der Waals surface area contributed by atoms with Crippen LogP contribution in [0.25, 0.3) is 0 Å². The zero-order chi connectivity index (χ0) is 12.4. The SMILES string of the molecule is CCCc1cc(N)c2c(c1)N(C)C(=O)CCO2. The van der Waals surface area contributed by atoms with E-state index >= 15 is 0 Å². The van der Waals surface area contributed by atoms with E-state index in [1.54, 1.807) is 11.9 Å². The molecular weight excluding hydrogens is 216 g/mol. The zero-order valence-electron chi connectivity index (χ0n) is 10.3. The van der Waals surface area contributed by atoms with Crippen molar-refractivity contribution < 1.29 is 9.53 Å². The van der Waals surface area contributed by atoms with Crippen LogP contribution in [0.1, 0.15) is 25.3 Å². The predicted molar refractivity (Wildman–Crippen MR) is 68.4 cm³/mol. The van der Waals surface area contributed by atoms with Gasteiger partial charge in [-0.15, -0.1) is 0 Å². The summed E-state index contributed by atoms with van der Waals surface area (Å²) in [5, 5.41) is 0. The first-order valence-corrected chi connectivity index (χ1v) is 5.95. The van der Waals surface area contributed by atoms with Crippen molar-refractivity contribution in [1.82, 2.24) is 0 Å². The normalized spacial score (nSPS) is 15.2. The molecule has 0 radical (unpaired) electrons. The molecule has 4 heteroatoms. The van der Waals surface area contributed by atoms with Crippen LogP contribution in [-0.2, 0) is 11.2 Å². The van der Waals surface area contributed by atoms with Crippen LogP contribution in [0.4, 0.5) is 11.4 Å². The van der Waals surface area contributed by atoms with Gasteiger partial charge in [0.15, 0.2) is 5.75 Å². The fourth-order valence-corrected chi connectivity index (χ4v) is 2.08. The maximum absolute atomic E-state index is 11.8. The molecule has 92 valence electrons. The predicted octanol–water partition coefficient (Wildman–Crippen LogP) is 1.97. The van der Waals surface area contributed by atoms with Gasteiger partial charge in [-0.2, -0.15) is 0 Å². The summed E-state index contributed by atoms with van der Waals surface area (Å²) in [7, 11) is 1.77. The van der Waals surface area contributed by atoms with Gasteiger partial charge in [-0.3, -0.25) is 4.79 Å². The van der Waals surface area contributed by atoms with E-state index in [-0.39, 0.29) is 5.91 Å². The maximum Gasteiger partial charge on any atom is 0.230 e. The minimum absolute atomic E-state index is 0.0665. The van der Waals surface area contributed by atoms with Gasteiger partial charge >= 0.3 is 0 Å². The number of nitrogen functional groups attached to an aromatic ring is 1. The van der Waals surface area contributed by atoms with Gasteiger partial charge in [-0.1, -0.05) is 13.3 Å². The molecule has 0 aliphatic carbocycles. The Morgan fingerprint density at radius 1 is 1.47 bits per heavy atom. The van der Waals surface area contributed by atoms with E-state index in [1.165, 1.54) is 0 Å². The lowest BCUT2D eigenvalue weighted by Crippen LogP contribution is -2.25. The molecular formula is C13H18N2O2. The van der Waals surface area contributed by atoms with E-state index in [0.717, 1.165) is 24.1 Å². The summed E-state index contributed by atoms with van der Waals surface area (Å²) in [6.45, 7) is 2.51. The van der Waals surface area contributed by atoms with Crippen molar-refractivity contribution in [3.63, 3.8) is 0 Å². The van der Waals surface area contributed by atoms with Crippen molar-refractivity contribution in [2.24, 2.45) is 0 Å². The van der Waals surface area contributed by atoms with Gasteiger partial charge in [0.05, 0.1) is 24.4 Å². The molecule has 17 heavy (non-hydrogen) atoms. The highest BCUT2D eigenvalue weighted by Gasteiger charge is 2.22. The van der Waals surface area contributed by atoms with Crippen LogP contribution in [0.3, 0.4) is 0 Å². The summed E-state index contributed by atoms with van der Waals surface area (Å²) in [5.74, 6) is 0.704. The second-order valence-corrected chi connectivity index (χ2v) is 4.33. The van der Waals surface area contributed by atoms with Crippen molar-refractivity contribution in [1.29, 1.82) is 0 Å². The maximum atomic E-state index is 11.8. The average Bonchev–Trinajstić information content (AvgIpc) is 2.42. The molecule has 0 bridgehead atoms. The molecule has 0 unspecified atom stereocenters. The number of benzene rings is 1. The highest BCUT2D eigenvalue weighted by atomic mass is 16.5. The smallest absolute Gasteiger partial charge is 0.230 e. The van der Waals surface area contributed by atoms with Crippen molar-refractivity contribution in [2.75, 3.05) is 24.3 Å². The van der Waals surface area contributed by atoms with Gasteiger partial charge in [-0.05, 0) is 24.1 Å². The number of ether oxygens (including phenoxy) is 1. The van der Waals surface area contributed by atoms with E-state index < -0.39 is 0 Å². The molecule has 1 aromatic carbocycles. The molecule has 1 amide bonds. The Bertz CT molecular complexity index is 443. The number of nitrogens with two attached hydrogens (primary N) is 1. The van der Waals surface area contributed by atoms with Crippen molar-refractivity contribution in [3.05, 3.63) is 17.7 Å². The number of hydrogen-bond acceptors (Lipinski definition) is 3. The molecule has 0 saturated carbocycles. The third kappa shape index (κ3) is 2.20. The quantitative estimate of drug-likeness (QED) is 0.796. The van der Waals surface area contributed by atoms with Crippen LogP contribution in [0.2, 0.25) is 0 Å². The molecule has 0 aromatic heterocycles. The van der Waals surface area contributed by atoms with E-state index in [9.17, 15) is 4.79 Å². The highest BCUT2D eigenvalue weighted by molar-refractivity contribution is 5.96. The van der Waals surface area contributed by atoms with Crippen LogP contribution in [0.5, 0.6) is 5.75 Å². The number of rotatable bonds is 2. The molecule has 4 nitrogen and oxygen atoms in total. The van der Waals surface area contributed by atoms with E-state index in [4.69, 9.17) is 10.5 Å². The number of amides is 1. The Labute approximate surface area is 101 Å². The monoisotopic (exact) mass is 234 g/mol. The molecule has 2 N–H and O–H groups in total. The Kier molecular flexibility index (Phi) is 3.22. The summed E-state index contributed by atoms with van der Waals surface area (Å²) < 4.78 is 5.57. The minimum Gasteiger partial charge on any atom is -0.489 e. The number of carbonyl (C=O) groups excluding carboxylic acids is 1. The highest BCUT2D eigenvalue weighted by Crippen LogP contribution is 2.37. The lowest BCUT2D eigenvalue weighted by atomic mass is 10.1. The molecule has 2 rings (SSSR count). The number of nitrogens with zero attached hydrogens (tertiary/aromatic N) is 1. The fraction of sp³-hybridized carbons (Fsp3) is 0.462. The van der Waals surface area contributed by atoms with Gasteiger partial charge in [0.25, 0.3) is 0 Å². The van der Waals surface area contributed by atoms with Gasteiger partial charge in [0.1, 0.15) is 0 Å². The molecule has 0 saturated heterocycles. The lowest BCUT2D eigenvalue weighted by molar-refractivity contribution is -0.118. The number of anilines is 2. The number of carbonyl (C=O) groups is 1. The molecule has 1 aliphatic heterocycles. The molecule has 1 aromatic rings. The van der Waals surface area contributed by atoms with E-state index in [2.05, 4.69) is 6.92 Å². The number of hydrogen-bond donors (Lipinski definition) is 1. The van der Waals surface area contributed by atoms with Crippen LogP contribution < -0.4 is 15.4 Å². The molecule has 1 heterocycles. The standard InChI is InChI=1S/C13H18N2O2/c1-3-4-9-7-10(14)13-11(8-9)15(2)12(16)5-6-17-13/h7-8H,3-6,14H2,1-2H3. The fourth-order valence-electron chi connectivity index (χ4n) is 2.08. The average molecular weight is 234 g/mol. The molecule has 0 atom stereocenters. The van der Waals surface area contributed by atoms with Crippen LogP contribution in [-0.4, -0.2) is 19.6 Å². The van der Waals surface area contributed by atoms with Gasteiger partial charge in [0, 0.05) is 7.05 Å². The zero-order valence-corrected chi connectivity index (χ0v) is 10.3. The first-order chi connectivity index (χ1) is 8.13. The summed E-state index contributed by atoms with van der Waals surface area (Å²) in [6, 6.07) is 3.93. The Morgan fingerprint density at radius 3 is 2.94 bits per heavy atom. The van der Waals surface area contributed by atoms with E-state index in [1.807, 2.05) is 12.1 Å². The summed E-state index contributed by atoms with van der Waals surface area (Å²) >= 11 is 0.